The third-order valence-electron chi connectivity index (χ3n) is 7.89. The van der Waals surface area contributed by atoms with E-state index in [4.69, 9.17) is 0 Å². The van der Waals surface area contributed by atoms with E-state index in [1.54, 1.807) is 7.05 Å². The van der Waals surface area contributed by atoms with Gasteiger partial charge in [-0.15, -0.1) is 0 Å². The zero-order chi connectivity index (χ0) is 22.8. The fourth-order valence-corrected chi connectivity index (χ4v) is 5.99. The molecule has 5 unspecified atom stereocenters. The summed E-state index contributed by atoms with van der Waals surface area (Å²) in [5, 5.41) is 6.84. The van der Waals surface area contributed by atoms with Crippen LogP contribution in [0.15, 0.2) is 17.1 Å². The van der Waals surface area contributed by atoms with Crippen LogP contribution in [0, 0.1) is 29.6 Å². The third-order valence-corrected chi connectivity index (χ3v) is 7.89. The van der Waals surface area contributed by atoms with E-state index in [2.05, 4.69) is 58.5 Å². The van der Waals surface area contributed by atoms with Gasteiger partial charge in [0.15, 0.2) is 5.96 Å². The Balaban J connectivity index is 1.20. The van der Waals surface area contributed by atoms with Crippen molar-refractivity contribution in [1.29, 1.82) is 0 Å². The van der Waals surface area contributed by atoms with Crippen LogP contribution in [0.3, 0.4) is 0 Å². The minimum atomic E-state index is -0.0950. The first-order valence-electron chi connectivity index (χ1n) is 12.3. The van der Waals surface area contributed by atoms with Crippen molar-refractivity contribution < 1.29 is 9.59 Å². The summed E-state index contributed by atoms with van der Waals surface area (Å²) >= 11 is 0. The molecule has 2 amide bonds. The molecular formula is C24H40N6O2. The molecule has 178 valence electrons. The number of amides is 2. The summed E-state index contributed by atoms with van der Waals surface area (Å²) < 4.78 is 0. The van der Waals surface area contributed by atoms with E-state index in [0.717, 1.165) is 51.5 Å². The predicted octanol–water partition coefficient (Wildman–Crippen LogP) is 0.621. The van der Waals surface area contributed by atoms with E-state index in [-0.39, 0.29) is 35.5 Å². The average molecular weight is 445 g/mol. The van der Waals surface area contributed by atoms with Gasteiger partial charge in [0, 0.05) is 58.9 Å². The lowest BCUT2D eigenvalue weighted by Crippen LogP contribution is -2.55. The van der Waals surface area contributed by atoms with Gasteiger partial charge >= 0.3 is 0 Å². The number of carbonyl (C=O) groups is 2. The van der Waals surface area contributed by atoms with Gasteiger partial charge in [-0.2, -0.15) is 0 Å². The van der Waals surface area contributed by atoms with Crippen molar-refractivity contribution >= 4 is 17.8 Å². The number of aliphatic imine (C=N–C) groups is 1. The number of likely N-dealkylation sites (tertiary alicyclic amines) is 1. The van der Waals surface area contributed by atoms with Crippen LogP contribution in [-0.4, -0.2) is 98.4 Å². The number of likely N-dealkylation sites (N-methyl/N-ethyl adjacent to an activating group) is 1. The maximum Gasteiger partial charge on any atom is 0.233 e. The summed E-state index contributed by atoms with van der Waals surface area (Å²) in [6.45, 7) is 11.0. The number of fused-ring (bicyclic) bond motifs is 5. The Morgan fingerprint density at radius 2 is 1.69 bits per heavy atom. The molecular weight excluding hydrogens is 404 g/mol. The number of nitrogens with zero attached hydrogens (tertiary/aromatic N) is 4. The van der Waals surface area contributed by atoms with Crippen molar-refractivity contribution in [2.24, 2.45) is 34.6 Å². The van der Waals surface area contributed by atoms with Crippen molar-refractivity contribution in [2.75, 3.05) is 59.9 Å². The number of hydrogen-bond acceptors (Lipinski definition) is 5. The molecule has 2 bridgehead atoms. The molecule has 8 heteroatoms. The normalized spacial score (nSPS) is 31.7. The van der Waals surface area contributed by atoms with Crippen LogP contribution in [0.25, 0.3) is 0 Å². The molecule has 4 rings (SSSR count). The number of hydrogen-bond donors (Lipinski definition) is 2. The van der Waals surface area contributed by atoms with Crippen LogP contribution in [0.1, 0.15) is 26.7 Å². The Morgan fingerprint density at radius 1 is 1.06 bits per heavy atom. The minimum Gasteiger partial charge on any atom is -0.356 e. The summed E-state index contributed by atoms with van der Waals surface area (Å²) in [5.74, 6) is 1.80. The first-order valence-corrected chi connectivity index (χ1v) is 12.3. The third kappa shape index (κ3) is 4.57. The summed E-state index contributed by atoms with van der Waals surface area (Å²) in [5.41, 5.74) is 0. The van der Waals surface area contributed by atoms with E-state index in [9.17, 15) is 9.59 Å². The van der Waals surface area contributed by atoms with Gasteiger partial charge in [0.1, 0.15) is 0 Å². The molecule has 4 aliphatic rings. The minimum absolute atomic E-state index is 0.0475. The monoisotopic (exact) mass is 444 g/mol. The van der Waals surface area contributed by atoms with E-state index in [0.29, 0.717) is 25.0 Å². The predicted molar refractivity (Wildman–Crippen MR) is 126 cm³/mol. The van der Waals surface area contributed by atoms with Gasteiger partial charge in [0.2, 0.25) is 11.8 Å². The maximum atomic E-state index is 12.8. The first kappa shape index (κ1) is 23.2. The van der Waals surface area contributed by atoms with Gasteiger partial charge < -0.3 is 15.5 Å². The molecule has 0 aromatic carbocycles. The molecule has 2 aliphatic carbocycles. The highest BCUT2D eigenvalue weighted by atomic mass is 16.2. The largest absolute Gasteiger partial charge is 0.356 e. The standard InChI is InChI=1S/C24H40N6O2/c1-16(2)19(29-12-10-28(4)11-13-29)15-27-24(25-3)26-8-5-9-30-22(31)20-17-6-7-18(14-17)21(20)23(30)32/h6-7,16-21H,5,8-15H2,1-4H3,(H2,25,26,27). The number of piperazine rings is 1. The molecule has 0 radical (unpaired) electrons. The van der Waals surface area contributed by atoms with Crippen LogP contribution in [-0.2, 0) is 9.59 Å². The highest BCUT2D eigenvalue weighted by Gasteiger charge is 2.58. The van der Waals surface area contributed by atoms with Gasteiger partial charge in [-0.25, -0.2) is 0 Å². The van der Waals surface area contributed by atoms with Crippen LogP contribution < -0.4 is 10.6 Å². The molecule has 8 nitrogen and oxygen atoms in total. The van der Waals surface area contributed by atoms with Gasteiger partial charge in [0.25, 0.3) is 0 Å². The van der Waals surface area contributed by atoms with Crippen LogP contribution in [0.4, 0.5) is 0 Å². The first-order chi connectivity index (χ1) is 15.4. The Bertz CT molecular complexity index is 728. The highest BCUT2D eigenvalue weighted by molar-refractivity contribution is 6.06. The maximum absolute atomic E-state index is 12.8. The molecule has 3 fully saturated rings. The molecule has 2 heterocycles. The van der Waals surface area contributed by atoms with E-state index in [1.807, 2.05) is 0 Å². The lowest BCUT2D eigenvalue weighted by atomic mass is 9.85. The second-order valence-corrected chi connectivity index (χ2v) is 10.2. The van der Waals surface area contributed by atoms with E-state index >= 15 is 0 Å². The smallest absolute Gasteiger partial charge is 0.233 e. The fraction of sp³-hybridized carbons (Fsp3) is 0.792. The van der Waals surface area contributed by atoms with E-state index in [1.165, 1.54) is 4.90 Å². The second-order valence-electron chi connectivity index (χ2n) is 10.2. The number of allylic oxidation sites excluding steroid dienone is 2. The van der Waals surface area contributed by atoms with Crippen LogP contribution >= 0.6 is 0 Å². The number of nitrogens with one attached hydrogen (secondary N) is 2. The van der Waals surface area contributed by atoms with Crippen molar-refractivity contribution in [3.63, 3.8) is 0 Å². The van der Waals surface area contributed by atoms with E-state index < -0.39 is 0 Å². The molecule has 0 spiro atoms. The number of guanidine groups is 1. The summed E-state index contributed by atoms with van der Waals surface area (Å²) in [7, 11) is 3.97. The molecule has 32 heavy (non-hydrogen) atoms. The lowest BCUT2D eigenvalue weighted by Gasteiger charge is -2.40. The number of carbonyl (C=O) groups excluding carboxylic acids is 2. The molecule has 2 aliphatic heterocycles. The van der Waals surface area contributed by atoms with Gasteiger partial charge in [-0.3, -0.25) is 24.4 Å². The fourth-order valence-electron chi connectivity index (χ4n) is 5.99. The summed E-state index contributed by atoms with van der Waals surface area (Å²) in [6.07, 6.45) is 6.00. The summed E-state index contributed by atoms with van der Waals surface area (Å²) in [6, 6.07) is 0.463. The highest BCUT2D eigenvalue weighted by Crippen LogP contribution is 2.52. The molecule has 0 aromatic heterocycles. The molecule has 0 aromatic rings. The van der Waals surface area contributed by atoms with Crippen LogP contribution in [0.2, 0.25) is 0 Å². The SMILES string of the molecule is CN=C(NCCCN1C(=O)C2C3C=CC(C3)C2C1=O)NCC(C(C)C)N1CCN(C)CC1. The van der Waals surface area contributed by atoms with Gasteiger partial charge in [-0.1, -0.05) is 26.0 Å². The average Bonchev–Trinajstić information content (AvgIpc) is 3.45. The molecule has 5 atom stereocenters. The van der Waals surface area contributed by atoms with Crippen molar-refractivity contribution in [3.8, 4) is 0 Å². The second kappa shape index (κ2) is 9.91. The molecule has 2 N–H and O–H groups in total. The Hall–Kier alpha value is -1.93. The topological polar surface area (TPSA) is 80.3 Å². The van der Waals surface area contributed by atoms with Crippen molar-refractivity contribution in [3.05, 3.63) is 12.2 Å². The zero-order valence-corrected chi connectivity index (χ0v) is 20.1. The number of rotatable bonds is 8. The van der Waals surface area contributed by atoms with Crippen molar-refractivity contribution in [1.82, 2.24) is 25.3 Å². The molecule has 2 saturated heterocycles. The Kier molecular flexibility index (Phi) is 7.20. The Labute approximate surface area is 192 Å². The Morgan fingerprint density at radius 3 is 2.25 bits per heavy atom. The summed E-state index contributed by atoms with van der Waals surface area (Å²) in [4.78, 5) is 36.4. The van der Waals surface area contributed by atoms with Gasteiger partial charge in [0.05, 0.1) is 11.8 Å². The quantitative estimate of drug-likeness (QED) is 0.188. The number of imide groups is 1. The zero-order valence-electron chi connectivity index (χ0n) is 20.1. The lowest BCUT2D eigenvalue weighted by molar-refractivity contribution is -0.140. The van der Waals surface area contributed by atoms with Gasteiger partial charge in [-0.05, 0) is 37.6 Å². The van der Waals surface area contributed by atoms with Crippen LogP contribution in [0.5, 0.6) is 0 Å². The molecule has 1 saturated carbocycles. The van der Waals surface area contributed by atoms with Crippen molar-refractivity contribution in [2.45, 2.75) is 32.7 Å².